The lowest BCUT2D eigenvalue weighted by Gasteiger charge is -2.24. The van der Waals surface area contributed by atoms with Crippen molar-refractivity contribution in [1.82, 2.24) is 9.80 Å². The van der Waals surface area contributed by atoms with Gasteiger partial charge in [0.15, 0.2) is 0 Å². The van der Waals surface area contributed by atoms with Crippen LogP contribution in [-0.2, 0) is 11.3 Å². The molecule has 1 aliphatic heterocycles. The lowest BCUT2D eigenvalue weighted by Crippen LogP contribution is -2.38. The second-order valence-electron chi connectivity index (χ2n) is 6.77. The Balaban J connectivity index is 1.76. The van der Waals surface area contributed by atoms with Crippen LogP contribution in [-0.4, -0.2) is 66.4 Å². The summed E-state index contributed by atoms with van der Waals surface area (Å²) in [7, 11) is 0. The van der Waals surface area contributed by atoms with Crippen molar-refractivity contribution in [2.24, 2.45) is 0 Å². The maximum atomic E-state index is 10.1. The molecule has 24 heavy (non-hydrogen) atoms. The molecule has 0 radical (unpaired) electrons. The van der Waals surface area contributed by atoms with E-state index in [4.69, 9.17) is 10.00 Å². The average molecular weight is 331 g/mol. The molecule has 2 rings (SSSR count). The van der Waals surface area contributed by atoms with Crippen LogP contribution in [0, 0.1) is 11.3 Å². The molecule has 1 aliphatic rings. The molecule has 0 spiro atoms. The highest BCUT2D eigenvalue weighted by Gasteiger charge is 2.18. The van der Waals surface area contributed by atoms with Crippen molar-refractivity contribution >= 4 is 0 Å². The number of aliphatic hydroxyl groups is 1. The van der Waals surface area contributed by atoms with Gasteiger partial charge in [0.25, 0.3) is 0 Å². The van der Waals surface area contributed by atoms with Crippen LogP contribution >= 0.6 is 0 Å². The highest BCUT2D eigenvalue weighted by Crippen LogP contribution is 2.11. The van der Waals surface area contributed by atoms with Crippen molar-refractivity contribution in [2.75, 3.05) is 39.3 Å². The second kappa shape index (κ2) is 9.75. The first kappa shape index (κ1) is 18.9. The fourth-order valence-electron chi connectivity index (χ4n) is 2.96. The summed E-state index contributed by atoms with van der Waals surface area (Å²) in [6, 6.07) is 9.99. The molecule has 1 N–H and O–H groups in total. The van der Waals surface area contributed by atoms with Gasteiger partial charge in [0.1, 0.15) is 0 Å². The zero-order valence-electron chi connectivity index (χ0n) is 14.8. The van der Waals surface area contributed by atoms with Gasteiger partial charge in [-0.2, -0.15) is 5.26 Å². The van der Waals surface area contributed by atoms with E-state index in [2.05, 4.69) is 15.9 Å². The minimum absolute atomic E-state index is 0.159. The van der Waals surface area contributed by atoms with E-state index in [1.54, 1.807) is 0 Å². The minimum Gasteiger partial charge on any atom is -0.389 e. The van der Waals surface area contributed by atoms with Gasteiger partial charge in [-0.25, -0.2) is 0 Å². The molecule has 5 heteroatoms. The Morgan fingerprint density at radius 3 is 2.46 bits per heavy atom. The van der Waals surface area contributed by atoms with Gasteiger partial charge in [0, 0.05) is 26.2 Å². The van der Waals surface area contributed by atoms with Gasteiger partial charge in [0.05, 0.1) is 30.4 Å². The molecule has 1 saturated heterocycles. The van der Waals surface area contributed by atoms with Gasteiger partial charge in [-0.15, -0.1) is 0 Å². The standard InChI is InChI=1S/C19H29N3O2/c1-16(2)24-15-19(23)14-22-9-3-8-21(10-11-22)13-18-6-4-17(12-20)5-7-18/h4-7,16,19,23H,3,8-11,13-15H2,1-2H3. The van der Waals surface area contributed by atoms with Crippen LogP contribution in [0.5, 0.6) is 0 Å². The average Bonchev–Trinajstić information content (AvgIpc) is 2.79. The SMILES string of the molecule is CC(C)OCC(O)CN1CCCN(Cc2ccc(C#N)cc2)CC1. The molecule has 1 aromatic carbocycles. The number of nitrogens with zero attached hydrogens (tertiary/aromatic N) is 3. The summed E-state index contributed by atoms with van der Waals surface area (Å²) in [5, 5.41) is 18.9. The van der Waals surface area contributed by atoms with Gasteiger partial charge < -0.3 is 9.84 Å². The van der Waals surface area contributed by atoms with Gasteiger partial charge >= 0.3 is 0 Å². The van der Waals surface area contributed by atoms with E-state index < -0.39 is 6.10 Å². The lowest BCUT2D eigenvalue weighted by atomic mass is 10.1. The van der Waals surface area contributed by atoms with Crippen molar-refractivity contribution in [2.45, 2.75) is 39.0 Å². The Kier molecular flexibility index (Phi) is 7.67. The van der Waals surface area contributed by atoms with Crippen molar-refractivity contribution < 1.29 is 9.84 Å². The minimum atomic E-state index is -0.419. The summed E-state index contributed by atoms with van der Waals surface area (Å²) in [5.74, 6) is 0. The molecule has 132 valence electrons. The number of aliphatic hydroxyl groups excluding tert-OH is 1. The number of rotatable bonds is 7. The normalized spacial score (nSPS) is 18.3. The van der Waals surface area contributed by atoms with Crippen LogP contribution < -0.4 is 0 Å². The number of hydrogen-bond donors (Lipinski definition) is 1. The van der Waals surface area contributed by atoms with Crippen LogP contribution in [0.15, 0.2) is 24.3 Å². The van der Waals surface area contributed by atoms with E-state index >= 15 is 0 Å². The summed E-state index contributed by atoms with van der Waals surface area (Å²) in [6.07, 6.45) is 0.845. The Hall–Kier alpha value is -1.45. The van der Waals surface area contributed by atoms with Crippen LogP contribution in [0.3, 0.4) is 0 Å². The molecule has 1 heterocycles. The summed E-state index contributed by atoms with van der Waals surface area (Å²) in [5.41, 5.74) is 1.95. The molecule has 0 bridgehead atoms. The van der Waals surface area contributed by atoms with Crippen molar-refractivity contribution in [3.8, 4) is 6.07 Å². The van der Waals surface area contributed by atoms with Gasteiger partial charge in [-0.1, -0.05) is 12.1 Å². The molecule has 0 aliphatic carbocycles. The largest absolute Gasteiger partial charge is 0.389 e. The molecule has 1 aromatic rings. The topological polar surface area (TPSA) is 59.7 Å². The fourth-order valence-corrected chi connectivity index (χ4v) is 2.96. The summed E-state index contributed by atoms with van der Waals surface area (Å²) >= 11 is 0. The molecule has 5 nitrogen and oxygen atoms in total. The van der Waals surface area contributed by atoms with Gasteiger partial charge in [-0.05, 0) is 51.1 Å². The fraction of sp³-hybridized carbons (Fsp3) is 0.632. The monoisotopic (exact) mass is 331 g/mol. The first-order chi connectivity index (χ1) is 11.6. The van der Waals surface area contributed by atoms with E-state index in [1.165, 1.54) is 5.56 Å². The number of β-amino-alcohol motifs (C(OH)–C–C–N with tert-alkyl or cyclic N) is 1. The zero-order valence-corrected chi connectivity index (χ0v) is 14.8. The third kappa shape index (κ3) is 6.58. The molecule has 1 unspecified atom stereocenters. The summed E-state index contributed by atoms with van der Waals surface area (Å²) in [6.45, 7) is 10.0. The Morgan fingerprint density at radius 1 is 1.12 bits per heavy atom. The first-order valence-electron chi connectivity index (χ1n) is 8.80. The molecule has 0 amide bonds. The molecule has 0 aromatic heterocycles. The Morgan fingerprint density at radius 2 is 1.79 bits per heavy atom. The number of hydrogen-bond acceptors (Lipinski definition) is 5. The van der Waals surface area contributed by atoms with E-state index in [0.717, 1.165) is 39.1 Å². The maximum Gasteiger partial charge on any atom is 0.0991 e. The summed E-state index contributed by atoms with van der Waals surface area (Å²) < 4.78 is 5.49. The van der Waals surface area contributed by atoms with Gasteiger partial charge in [-0.3, -0.25) is 9.80 Å². The Labute approximate surface area is 145 Å². The zero-order chi connectivity index (χ0) is 17.4. The van der Waals surface area contributed by atoms with E-state index in [-0.39, 0.29) is 6.10 Å². The van der Waals surface area contributed by atoms with Crippen LogP contribution in [0.1, 0.15) is 31.4 Å². The van der Waals surface area contributed by atoms with Crippen LogP contribution in [0.25, 0.3) is 0 Å². The molecular formula is C19H29N3O2. The molecular weight excluding hydrogens is 302 g/mol. The van der Waals surface area contributed by atoms with Crippen LogP contribution in [0.4, 0.5) is 0 Å². The highest BCUT2D eigenvalue weighted by molar-refractivity contribution is 5.31. The van der Waals surface area contributed by atoms with Gasteiger partial charge in [0.2, 0.25) is 0 Å². The Bertz CT molecular complexity index is 524. The maximum absolute atomic E-state index is 10.1. The summed E-state index contributed by atoms with van der Waals surface area (Å²) in [4.78, 5) is 4.77. The van der Waals surface area contributed by atoms with Crippen LogP contribution in [0.2, 0.25) is 0 Å². The lowest BCUT2D eigenvalue weighted by molar-refractivity contribution is -0.00799. The number of benzene rings is 1. The third-order valence-electron chi connectivity index (χ3n) is 4.26. The predicted octanol–water partition coefficient (Wildman–Crippen LogP) is 1.85. The smallest absolute Gasteiger partial charge is 0.0991 e. The van der Waals surface area contributed by atoms with E-state index in [0.29, 0.717) is 18.7 Å². The highest BCUT2D eigenvalue weighted by atomic mass is 16.5. The molecule has 1 atom stereocenters. The molecule has 0 saturated carbocycles. The van der Waals surface area contributed by atoms with Crippen molar-refractivity contribution in [1.29, 1.82) is 5.26 Å². The van der Waals surface area contributed by atoms with E-state index in [1.807, 2.05) is 38.1 Å². The number of nitriles is 1. The third-order valence-corrected chi connectivity index (χ3v) is 4.26. The van der Waals surface area contributed by atoms with Crippen molar-refractivity contribution in [3.63, 3.8) is 0 Å². The number of ether oxygens (including phenoxy) is 1. The quantitative estimate of drug-likeness (QED) is 0.826. The predicted molar refractivity (Wildman–Crippen MR) is 94.6 cm³/mol. The second-order valence-corrected chi connectivity index (χ2v) is 6.77. The van der Waals surface area contributed by atoms with Crippen molar-refractivity contribution in [3.05, 3.63) is 35.4 Å². The first-order valence-corrected chi connectivity index (χ1v) is 8.80. The van der Waals surface area contributed by atoms with E-state index in [9.17, 15) is 5.11 Å². The molecule has 1 fully saturated rings.